The first kappa shape index (κ1) is 15.0. The zero-order chi connectivity index (χ0) is 14.9. The summed E-state index contributed by atoms with van der Waals surface area (Å²) in [4.78, 5) is 0. The van der Waals surface area contributed by atoms with Gasteiger partial charge in [-0.3, -0.25) is 5.84 Å². The molecule has 2 aromatic carbocycles. The molecule has 0 saturated heterocycles. The number of hydrogen-bond donors (Lipinski definition) is 2. The van der Waals surface area contributed by atoms with Crippen molar-refractivity contribution in [2.75, 3.05) is 0 Å². The summed E-state index contributed by atoms with van der Waals surface area (Å²) in [5, 5.41) is 0. The zero-order valence-electron chi connectivity index (χ0n) is 10.6. The van der Waals surface area contributed by atoms with Crippen LogP contribution >= 0.6 is 15.9 Å². The summed E-state index contributed by atoms with van der Waals surface area (Å²) >= 11 is 3.34. The van der Waals surface area contributed by atoms with E-state index in [1.165, 1.54) is 6.07 Å². The number of nitrogens with two attached hydrogens (primary N) is 1. The molecule has 0 aliphatic carbocycles. The summed E-state index contributed by atoms with van der Waals surface area (Å²) < 4.78 is 40.9. The third-order valence-electron chi connectivity index (χ3n) is 3.01. The van der Waals surface area contributed by atoms with Gasteiger partial charge in [-0.05, 0) is 24.6 Å². The molecule has 0 spiro atoms. The molecule has 20 heavy (non-hydrogen) atoms. The zero-order valence-corrected chi connectivity index (χ0v) is 12.1. The molecule has 0 radical (unpaired) electrons. The lowest BCUT2D eigenvalue weighted by Gasteiger charge is -2.20. The van der Waals surface area contributed by atoms with Crippen molar-refractivity contribution in [1.29, 1.82) is 0 Å². The van der Waals surface area contributed by atoms with Gasteiger partial charge in [-0.25, -0.2) is 18.6 Å². The van der Waals surface area contributed by atoms with Crippen molar-refractivity contribution in [3.63, 3.8) is 0 Å². The molecule has 0 aliphatic rings. The van der Waals surface area contributed by atoms with Crippen molar-refractivity contribution in [1.82, 2.24) is 5.43 Å². The Kier molecular flexibility index (Phi) is 4.47. The summed E-state index contributed by atoms with van der Waals surface area (Å²) in [7, 11) is 0. The predicted octanol–water partition coefficient (Wildman–Crippen LogP) is 3.73. The van der Waals surface area contributed by atoms with E-state index < -0.39 is 23.5 Å². The Morgan fingerprint density at radius 1 is 1.05 bits per heavy atom. The second kappa shape index (κ2) is 5.95. The van der Waals surface area contributed by atoms with E-state index in [0.717, 1.165) is 11.6 Å². The van der Waals surface area contributed by atoms with E-state index >= 15 is 0 Å². The van der Waals surface area contributed by atoms with Crippen molar-refractivity contribution < 1.29 is 13.2 Å². The molecule has 0 aromatic heterocycles. The van der Waals surface area contributed by atoms with Crippen LogP contribution in [0.1, 0.15) is 22.7 Å². The topological polar surface area (TPSA) is 38.0 Å². The molecule has 0 bridgehead atoms. The third kappa shape index (κ3) is 2.72. The van der Waals surface area contributed by atoms with Crippen LogP contribution in [-0.4, -0.2) is 0 Å². The molecule has 0 fully saturated rings. The van der Waals surface area contributed by atoms with Crippen LogP contribution in [0.5, 0.6) is 0 Å². The van der Waals surface area contributed by atoms with E-state index in [1.807, 2.05) is 13.0 Å². The minimum Gasteiger partial charge on any atom is -0.271 e. The fraction of sp³-hybridized carbons (Fsp3) is 0.143. The Hall–Kier alpha value is -1.37. The average molecular weight is 345 g/mol. The van der Waals surface area contributed by atoms with E-state index in [9.17, 15) is 13.2 Å². The standard InChI is InChI=1S/C14H12BrF3N2/c1-7-2-4-10(15)9(6-7)14(20-19)8-3-5-11(16)13(18)12(8)17/h2-6,14,20H,19H2,1H3. The van der Waals surface area contributed by atoms with Crippen molar-refractivity contribution in [3.8, 4) is 0 Å². The van der Waals surface area contributed by atoms with Gasteiger partial charge < -0.3 is 0 Å². The van der Waals surface area contributed by atoms with Crippen LogP contribution in [0.25, 0.3) is 0 Å². The second-order valence-corrected chi connectivity index (χ2v) is 5.24. The van der Waals surface area contributed by atoms with E-state index in [0.29, 0.717) is 10.0 Å². The Labute approximate surface area is 122 Å². The Balaban J connectivity index is 2.58. The summed E-state index contributed by atoms with van der Waals surface area (Å²) in [6, 6.07) is 6.69. The van der Waals surface area contributed by atoms with Crippen LogP contribution in [0, 0.1) is 24.4 Å². The van der Waals surface area contributed by atoms with Gasteiger partial charge in [0, 0.05) is 10.0 Å². The lowest BCUT2D eigenvalue weighted by Crippen LogP contribution is -2.30. The highest BCUT2D eigenvalue weighted by Crippen LogP contribution is 2.31. The van der Waals surface area contributed by atoms with Gasteiger partial charge in [0.05, 0.1) is 6.04 Å². The highest BCUT2D eigenvalue weighted by molar-refractivity contribution is 9.10. The number of hydrogen-bond acceptors (Lipinski definition) is 2. The fourth-order valence-corrected chi connectivity index (χ4v) is 2.47. The van der Waals surface area contributed by atoms with Crippen molar-refractivity contribution in [2.45, 2.75) is 13.0 Å². The highest BCUT2D eigenvalue weighted by atomic mass is 79.9. The highest BCUT2D eigenvalue weighted by Gasteiger charge is 2.23. The van der Waals surface area contributed by atoms with Crippen LogP contribution in [0.15, 0.2) is 34.8 Å². The van der Waals surface area contributed by atoms with E-state index in [2.05, 4.69) is 21.4 Å². The van der Waals surface area contributed by atoms with Gasteiger partial charge in [0.2, 0.25) is 0 Å². The molecule has 6 heteroatoms. The second-order valence-electron chi connectivity index (χ2n) is 4.39. The molecule has 2 aromatic rings. The van der Waals surface area contributed by atoms with E-state index in [1.54, 1.807) is 12.1 Å². The lowest BCUT2D eigenvalue weighted by atomic mass is 9.97. The Bertz CT molecular complexity index is 647. The van der Waals surface area contributed by atoms with Gasteiger partial charge in [0.25, 0.3) is 0 Å². The smallest absolute Gasteiger partial charge is 0.194 e. The van der Waals surface area contributed by atoms with E-state index in [-0.39, 0.29) is 5.56 Å². The molecule has 2 nitrogen and oxygen atoms in total. The molecular weight excluding hydrogens is 333 g/mol. The molecule has 1 atom stereocenters. The van der Waals surface area contributed by atoms with Gasteiger partial charge in [0.1, 0.15) is 0 Å². The first-order valence-electron chi connectivity index (χ1n) is 5.81. The van der Waals surface area contributed by atoms with Crippen LogP contribution in [0.2, 0.25) is 0 Å². The van der Waals surface area contributed by atoms with Crippen molar-refractivity contribution in [3.05, 3.63) is 68.9 Å². The monoisotopic (exact) mass is 344 g/mol. The Morgan fingerprint density at radius 2 is 1.75 bits per heavy atom. The molecule has 106 valence electrons. The largest absolute Gasteiger partial charge is 0.271 e. The fourth-order valence-electron chi connectivity index (χ4n) is 2.00. The summed E-state index contributed by atoms with van der Waals surface area (Å²) in [6.45, 7) is 1.87. The third-order valence-corrected chi connectivity index (χ3v) is 3.73. The quantitative estimate of drug-likeness (QED) is 0.505. The van der Waals surface area contributed by atoms with Gasteiger partial charge in [-0.1, -0.05) is 39.7 Å². The molecule has 2 rings (SSSR count). The van der Waals surface area contributed by atoms with Crippen LogP contribution in [0.4, 0.5) is 13.2 Å². The minimum absolute atomic E-state index is 0.0577. The van der Waals surface area contributed by atoms with E-state index in [4.69, 9.17) is 5.84 Å². The van der Waals surface area contributed by atoms with Crippen molar-refractivity contribution in [2.24, 2.45) is 5.84 Å². The van der Waals surface area contributed by atoms with Crippen molar-refractivity contribution >= 4 is 15.9 Å². The van der Waals surface area contributed by atoms with Crippen LogP contribution in [-0.2, 0) is 0 Å². The maximum atomic E-state index is 13.9. The molecule has 3 N–H and O–H groups in total. The molecule has 0 saturated carbocycles. The molecular formula is C14H12BrF3N2. The average Bonchev–Trinajstić information content (AvgIpc) is 2.43. The number of halogens is 4. The predicted molar refractivity (Wildman–Crippen MR) is 74.4 cm³/mol. The van der Waals surface area contributed by atoms with Gasteiger partial charge in [0.15, 0.2) is 17.5 Å². The molecule has 0 heterocycles. The first-order valence-corrected chi connectivity index (χ1v) is 6.60. The van der Waals surface area contributed by atoms with Gasteiger partial charge >= 0.3 is 0 Å². The normalized spacial score (nSPS) is 12.5. The summed E-state index contributed by atoms with van der Waals surface area (Å²) in [5.41, 5.74) is 3.95. The number of rotatable bonds is 3. The van der Waals surface area contributed by atoms with Crippen LogP contribution in [0.3, 0.4) is 0 Å². The minimum atomic E-state index is -1.51. The maximum Gasteiger partial charge on any atom is 0.194 e. The maximum absolute atomic E-state index is 13.9. The Morgan fingerprint density at radius 3 is 2.40 bits per heavy atom. The van der Waals surface area contributed by atoms with Gasteiger partial charge in [-0.2, -0.15) is 0 Å². The number of hydrazine groups is 1. The number of aryl methyl sites for hydroxylation is 1. The summed E-state index contributed by atoms with van der Waals surface area (Å²) in [6.07, 6.45) is 0. The number of nitrogens with one attached hydrogen (secondary N) is 1. The SMILES string of the molecule is Cc1ccc(Br)c(C(NN)c2ccc(F)c(F)c2F)c1. The summed E-state index contributed by atoms with van der Waals surface area (Å²) in [5.74, 6) is 1.47. The number of benzene rings is 2. The first-order chi connectivity index (χ1) is 9.45. The molecule has 0 amide bonds. The lowest BCUT2D eigenvalue weighted by molar-refractivity contribution is 0.433. The molecule has 0 aliphatic heterocycles. The van der Waals surface area contributed by atoms with Crippen LogP contribution < -0.4 is 11.3 Å². The van der Waals surface area contributed by atoms with Gasteiger partial charge in [-0.15, -0.1) is 0 Å². The molecule has 1 unspecified atom stereocenters.